The molecular formula is C16H23N5O2S. The molecule has 3 rings (SSSR count). The van der Waals surface area contributed by atoms with Gasteiger partial charge in [0.2, 0.25) is 5.91 Å². The number of thiazole rings is 1. The number of aryl methyl sites for hydroxylation is 1. The highest BCUT2D eigenvalue weighted by Gasteiger charge is 2.27. The van der Waals surface area contributed by atoms with Gasteiger partial charge in [0.15, 0.2) is 10.9 Å². The molecule has 0 saturated carbocycles. The molecule has 7 nitrogen and oxygen atoms in total. The maximum absolute atomic E-state index is 12.6. The van der Waals surface area contributed by atoms with E-state index in [0.717, 1.165) is 44.2 Å². The van der Waals surface area contributed by atoms with Crippen LogP contribution in [-0.4, -0.2) is 53.2 Å². The topological polar surface area (TPSA) is 74.5 Å². The van der Waals surface area contributed by atoms with Crippen LogP contribution in [0.1, 0.15) is 25.5 Å². The monoisotopic (exact) mass is 349 g/mol. The van der Waals surface area contributed by atoms with Crippen LogP contribution < -0.4 is 10.2 Å². The maximum atomic E-state index is 12.6. The van der Waals surface area contributed by atoms with E-state index in [9.17, 15) is 4.79 Å². The lowest BCUT2D eigenvalue weighted by atomic mass is 10.1. The molecule has 1 atom stereocenters. The normalized spacial score (nSPS) is 17.5. The van der Waals surface area contributed by atoms with Crippen molar-refractivity contribution in [3.8, 4) is 0 Å². The number of carbonyl (C=O) groups excluding carboxylic acids is 1. The number of nitrogens with one attached hydrogen (secondary N) is 1. The molecule has 2 aromatic rings. The van der Waals surface area contributed by atoms with Gasteiger partial charge in [0, 0.05) is 43.8 Å². The van der Waals surface area contributed by atoms with Crippen LogP contribution in [0.3, 0.4) is 0 Å². The highest BCUT2D eigenvalue weighted by molar-refractivity contribution is 7.13. The first kappa shape index (κ1) is 16.9. The molecule has 1 aliphatic heterocycles. The molecule has 0 radical (unpaired) electrons. The summed E-state index contributed by atoms with van der Waals surface area (Å²) < 4.78 is 5.01. The second kappa shape index (κ2) is 7.76. The van der Waals surface area contributed by atoms with Gasteiger partial charge in [0.05, 0.1) is 6.04 Å². The molecular weight excluding hydrogens is 326 g/mol. The molecule has 1 saturated heterocycles. The smallest absolute Gasteiger partial charge is 0.242 e. The zero-order valence-corrected chi connectivity index (χ0v) is 14.9. The molecule has 3 heterocycles. The molecule has 0 bridgehead atoms. The van der Waals surface area contributed by atoms with Crippen LogP contribution in [0.25, 0.3) is 0 Å². The minimum Gasteiger partial charge on any atom is -0.360 e. The van der Waals surface area contributed by atoms with Gasteiger partial charge in [-0.15, -0.1) is 11.3 Å². The number of nitrogens with zero attached hydrogens (tertiary/aromatic N) is 4. The third-order valence-electron chi connectivity index (χ3n) is 4.23. The van der Waals surface area contributed by atoms with Crippen molar-refractivity contribution < 1.29 is 9.32 Å². The number of hydrogen-bond donors (Lipinski definition) is 1. The van der Waals surface area contributed by atoms with Gasteiger partial charge in [-0.2, -0.15) is 0 Å². The summed E-state index contributed by atoms with van der Waals surface area (Å²) in [5, 5.41) is 9.76. The minimum atomic E-state index is -0.154. The quantitative estimate of drug-likeness (QED) is 0.893. The van der Waals surface area contributed by atoms with Crippen molar-refractivity contribution in [2.24, 2.45) is 0 Å². The third-order valence-corrected chi connectivity index (χ3v) is 5.06. The number of anilines is 2. The highest BCUT2D eigenvalue weighted by atomic mass is 32.1. The summed E-state index contributed by atoms with van der Waals surface area (Å²) in [4.78, 5) is 21.6. The van der Waals surface area contributed by atoms with Gasteiger partial charge in [-0.3, -0.25) is 9.69 Å². The summed E-state index contributed by atoms with van der Waals surface area (Å²) in [6.45, 7) is 7.48. The zero-order chi connectivity index (χ0) is 16.9. The number of amides is 1. The molecule has 2 aromatic heterocycles. The van der Waals surface area contributed by atoms with Gasteiger partial charge in [-0.05, 0) is 19.8 Å². The summed E-state index contributed by atoms with van der Waals surface area (Å²) in [5.74, 6) is 1.15. The predicted octanol–water partition coefficient (Wildman–Crippen LogP) is 2.37. The second-order valence-corrected chi connectivity index (χ2v) is 6.80. The fourth-order valence-corrected chi connectivity index (χ4v) is 3.75. The number of aromatic nitrogens is 2. The zero-order valence-electron chi connectivity index (χ0n) is 14.1. The van der Waals surface area contributed by atoms with Crippen molar-refractivity contribution in [1.82, 2.24) is 15.0 Å². The van der Waals surface area contributed by atoms with Crippen LogP contribution in [-0.2, 0) is 4.79 Å². The molecule has 8 heteroatoms. The van der Waals surface area contributed by atoms with Gasteiger partial charge in [-0.1, -0.05) is 12.1 Å². The van der Waals surface area contributed by atoms with E-state index >= 15 is 0 Å². The fourth-order valence-electron chi connectivity index (χ4n) is 3.06. The minimum absolute atomic E-state index is 0.0199. The largest absolute Gasteiger partial charge is 0.360 e. The van der Waals surface area contributed by atoms with Crippen molar-refractivity contribution in [3.63, 3.8) is 0 Å². The first-order valence-corrected chi connectivity index (χ1v) is 9.18. The van der Waals surface area contributed by atoms with Crippen LogP contribution in [0.5, 0.6) is 0 Å². The van der Waals surface area contributed by atoms with Gasteiger partial charge in [-0.25, -0.2) is 4.98 Å². The van der Waals surface area contributed by atoms with Gasteiger partial charge in [0.1, 0.15) is 5.76 Å². The first-order chi connectivity index (χ1) is 11.7. The standard InChI is InChI=1S/C16H23N5O2S/c1-3-13(15(22)18-14-11-12(2)23-19-14)20-6-4-7-21(9-8-20)16-17-5-10-24-16/h5,10-11,13H,3-4,6-9H2,1-2H3,(H,18,19,22). The Labute approximate surface area is 145 Å². The van der Waals surface area contributed by atoms with Crippen molar-refractivity contribution in [2.45, 2.75) is 32.7 Å². The van der Waals surface area contributed by atoms with Gasteiger partial charge in [0.25, 0.3) is 0 Å². The average Bonchev–Trinajstić information content (AvgIpc) is 3.17. The van der Waals surface area contributed by atoms with E-state index in [4.69, 9.17) is 4.52 Å². The van der Waals surface area contributed by atoms with Crippen molar-refractivity contribution >= 4 is 28.2 Å². The Morgan fingerprint density at radius 3 is 2.96 bits per heavy atom. The SMILES string of the molecule is CCC(C(=O)Nc1cc(C)on1)N1CCCN(c2nccs2)CC1. The lowest BCUT2D eigenvalue weighted by molar-refractivity contribution is -0.121. The summed E-state index contributed by atoms with van der Waals surface area (Å²) in [6.07, 6.45) is 3.62. The summed E-state index contributed by atoms with van der Waals surface area (Å²) in [5.41, 5.74) is 0. The molecule has 0 spiro atoms. The van der Waals surface area contributed by atoms with Crippen LogP contribution in [0.4, 0.5) is 10.9 Å². The second-order valence-electron chi connectivity index (χ2n) is 5.93. The van der Waals surface area contributed by atoms with Crippen molar-refractivity contribution in [1.29, 1.82) is 0 Å². The Morgan fingerprint density at radius 2 is 2.29 bits per heavy atom. The Hall–Kier alpha value is -1.93. The van der Waals surface area contributed by atoms with Crippen LogP contribution in [0, 0.1) is 6.92 Å². The molecule has 0 aromatic carbocycles. The Balaban J connectivity index is 1.61. The van der Waals surface area contributed by atoms with Crippen LogP contribution >= 0.6 is 11.3 Å². The first-order valence-electron chi connectivity index (χ1n) is 8.30. The highest BCUT2D eigenvalue weighted by Crippen LogP contribution is 2.20. The van der Waals surface area contributed by atoms with Crippen LogP contribution in [0.15, 0.2) is 22.2 Å². The number of carbonyl (C=O) groups is 1. The number of hydrogen-bond acceptors (Lipinski definition) is 7. The fraction of sp³-hybridized carbons (Fsp3) is 0.562. The van der Waals surface area contributed by atoms with Gasteiger partial charge < -0.3 is 14.7 Å². The lowest BCUT2D eigenvalue weighted by Gasteiger charge is -2.28. The van der Waals surface area contributed by atoms with E-state index in [0.29, 0.717) is 11.6 Å². The average molecular weight is 349 g/mol. The van der Waals surface area contributed by atoms with E-state index in [1.807, 2.05) is 25.4 Å². The van der Waals surface area contributed by atoms with Gasteiger partial charge >= 0.3 is 0 Å². The van der Waals surface area contributed by atoms with E-state index in [1.54, 1.807) is 17.4 Å². The van der Waals surface area contributed by atoms with E-state index in [2.05, 4.69) is 25.3 Å². The molecule has 130 valence electrons. The molecule has 1 unspecified atom stereocenters. The summed E-state index contributed by atoms with van der Waals surface area (Å²) in [7, 11) is 0. The van der Waals surface area contributed by atoms with Crippen molar-refractivity contribution in [2.75, 3.05) is 36.4 Å². The van der Waals surface area contributed by atoms with Crippen LogP contribution in [0.2, 0.25) is 0 Å². The Bertz CT molecular complexity index is 657. The molecule has 0 aliphatic carbocycles. The third kappa shape index (κ3) is 3.93. The molecule has 1 amide bonds. The van der Waals surface area contributed by atoms with E-state index < -0.39 is 0 Å². The number of rotatable bonds is 5. The predicted molar refractivity (Wildman–Crippen MR) is 94.5 cm³/mol. The summed E-state index contributed by atoms with van der Waals surface area (Å²) in [6, 6.07) is 1.58. The Morgan fingerprint density at radius 1 is 1.42 bits per heavy atom. The Kier molecular flexibility index (Phi) is 5.47. The van der Waals surface area contributed by atoms with Crippen molar-refractivity contribution in [3.05, 3.63) is 23.4 Å². The van der Waals surface area contributed by atoms with E-state index in [-0.39, 0.29) is 11.9 Å². The molecule has 1 fully saturated rings. The maximum Gasteiger partial charge on any atom is 0.242 e. The molecule has 1 aliphatic rings. The summed E-state index contributed by atoms with van der Waals surface area (Å²) >= 11 is 1.66. The molecule has 1 N–H and O–H groups in total. The molecule has 24 heavy (non-hydrogen) atoms. The lowest BCUT2D eigenvalue weighted by Crippen LogP contribution is -2.45. The van der Waals surface area contributed by atoms with E-state index in [1.165, 1.54) is 0 Å².